The quantitative estimate of drug-likeness (QED) is 0.388. The van der Waals surface area contributed by atoms with Crippen LogP contribution in [0.1, 0.15) is 17.0 Å². The van der Waals surface area contributed by atoms with Crippen LogP contribution in [0, 0.1) is 34.1 Å². The van der Waals surface area contributed by atoms with Gasteiger partial charge in [0.1, 0.15) is 0 Å². The van der Waals surface area contributed by atoms with Crippen molar-refractivity contribution in [1.29, 1.82) is 0 Å². The van der Waals surface area contributed by atoms with Gasteiger partial charge in [-0.2, -0.15) is 5.10 Å². The van der Waals surface area contributed by atoms with E-state index >= 15 is 0 Å². The van der Waals surface area contributed by atoms with Crippen molar-refractivity contribution >= 4 is 23.3 Å². The number of non-ortho nitro benzene ring substituents is 2. The predicted molar refractivity (Wildman–Crippen MR) is 106 cm³/mol. The summed E-state index contributed by atoms with van der Waals surface area (Å²) >= 11 is 0. The minimum Gasteiger partial charge on any atom is -0.318 e. The number of nitrogens with one attached hydrogen (secondary N) is 1. The van der Waals surface area contributed by atoms with Crippen molar-refractivity contribution in [1.82, 2.24) is 4.57 Å². The first kappa shape index (κ1) is 18.8. The van der Waals surface area contributed by atoms with Crippen molar-refractivity contribution in [3.05, 3.63) is 91.8 Å². The van der Waals surface area contributed by atoms with Crippen LogP contribution >= 0.6 is 0 Å². The zero-order chi connectivity index (χ0) is 20.3. The second-order valence-electron chi connectivity index (χ2n) is 6.11. The monoisotopic (exact) mass is 379 g/mol. The van der Waals surface area contributed by atoms with E-state index in [1.807, 2.05) is 24.5 Å². The fourth-order valence-electron chi connectivity index (χ4n) is 2.87. The molecule has 0 spiro atoms. The second kappa shape index (κ2) is 7.70. The van der Waals surface area contributed by atoms with Crippen molar-refractivity contribution < 1.29 is 9.85 Å². The molecular formula is C19H17N5O4. The minimum atomic E-state index is -0.458. The molecule has 9 heteroatoms. The Morgan fingerprint density at radius 2 is 1.46 bits per heavy atom. The van der Waals surface area contributed by atoms with Gasteiger partial charge in [-0.3, -0.25) is 25.7 Å². The van der Waals surface area contributed by atoms with Crippen LogP contribution in [-0.4, -0.2) is 20.6 Å². The van der Waals surface area contributed by atoms with Gasteiger partial charge in [0.05, 0.1) is 21.7 Å². The number of anilines is 1. The Kier molecular flexibility index (Phi) is 5.16. The van der Waals surface area contributed by atoms with Gasteiger partial charge in [-0.1, -0.05) is 0 Å². The number of hydrogen-bond donors (Lipinski definition) is 1. The van der Waals surface area contributed by atoms with Crippen LogP contribution in [0.2, 0.25) is 0 Å². The van der Waals surface area contributed by atoms with Gasteiger partial charge in [-0.15, -0.1) is 0 Å². The Hall–Kier alpha value is -4.01. The van der Waals surface area contributed by atoms with Gasteiger partial charge in [0.2, 0.25) is 0 Å². The fraction of sp³-hybridized carbons (Fsp3) is 0.105. The summed E-state index contributed by atoms with van der Waals surface area (Å²) in [5.41, 5.74) is 7.12. The molecule has 3 rings (SSSR count). The van der Waals surface area contributed by atoms with Crippen LogP contribution in [0.4, 0.5) is 17.1 Å². The molecule has 0 fully saturated rings. The highest BCUT2D eigenvalue weighted by Crippen LogP contribution is 2.22. The number of rotatable bonds is 6. The molecule has 9 nitrogen and oxygen atoms in total. The summed E-state index contributed by atoms with van der Waals surface area (Å²) < 4.78 is 1.98. The van der Waals surface area contributed by atoms with Crippen LogP contribution in [0.15, 0.2) is 59.7 Å². The summed E-state index contributed by atoms with van der Waals surface area (Å²) in [6, 6.07) is 14.3. The molecule has 2 aromatic carbocycles. The molecule has 3 aromatic rings. The Balaban J connectivity index is 1.78. The van der Waals surface area contributed by atoms with Gasteiger partial charge in [-0.05, 0) is 44.2 Å². The van der Waals surface area contributed by atoms with E-state index in [4.69, 9.17) is 0 Å². The molecule has 1 heterocycles. The average Bonchev–Trinajstić information content (AvgIpc) is 2.95. The highest BCUT2D eigenvalue weighted by Gasteiger charge is 2.11. The molecule has 0 amide bonds. The smallest absolute Gasteiger partial charge is 0.269 e. The number of hydrogen-bond acceptors (Lipinski definition) is 6. The summed E-state index contributed by atoms with van der Waals surface area (Å²) in [5, 5.41) is 25.7. The van der Waals surface area contributed by atoms with Crippen molar-refractivity contribution in [3.8, 4) is 5.69 Å². The van der Waals surface area contributed by atoms with Crippen LogP contribution < -0.4 is 5.43 Å². The maximum absolute atomic E-state index is 10.8. The van der Waals surface area contributed by atoms with Gasteiger partial charge in [0.15, 0.2) is 0 Å². The molecule has 0 saturated carbocycles. The van der Waals surface area contributed by atoms with E-state index in [2.05, 4.69) is 10.5 Å². The average molecular weight is 379 g/mol. The van der Waals surface area contributed by atoms with Crippen molar-refractivity contribution in [2.75, 3.05) is 5.43 Å². The van der Waals surface area contributed by atoms with Crippen molar-refractivity contribution in [3.63, 3.8) is 0 Å². The maximum atomic E-state index is 10.8. The molecule has 0 radical (unpaired) electrons. The number of nitrogens with zero attached hydrogens (tertiary/aromatic N) is 4. The highest BCUT2D eigenvalue weighted by atomic mass is 16.6. The molecule has 0 saturated heterocycles. The Morgan fingerprint density at radius 3 is 2.00 bits per heavy atom. The number of nitro benzene ring substituents is 2. The lowest BCUT2D eigenvalue weighted by molar-refractivity contribution is -0.385. The van der Waals surface area contributed by atoms with E-state index < -0.39 is 9.85 Å². The topological polar surface area (TPSA) is 116 Å². The maximum Gasteiger partial charge on any atom is 0.269 e. The third-order valence-electron chi connectivity index (χ3n) is 4.26. The van der Waals surface area contributed by atoms with Crippen molar-refractivity contribution in [2.24, 2.45) is 5.10 Å². The zero-order valence-electron chi connectivity index (χ0n) is 15.2. The number of benzene rings is 2. The first-order valence-corrected chi connectivity index (χ1v) is 8.34. The molecule has 1 aromatic heterocycles. The predicted octanol–water partition coefficient (Wildman–Crippen LogP) is 4.36. The lowest BCUT2D eigenvalue weighted by Gasteiger charge is -2.09. The standard InChI is InChI=1S/C19H17N5O4/c1-13-11-15(12-20-21-16-3-5-18(6-4-16)23(25)26)14(2)22(13)17-7-9-19(10-8-17)24(27)28/h3-12,21H,1-2H3/b20-12-. The zero-order valence-corrected chi connectivity index (χ0v) is 15.2. The lowest BCUT2D eigenvalue weighted by atomic mass is 10.2. The summed E-state index contributed by atoms with van der Waals surface area (Å²) in [7, 11) is 0. The van der Waals surface area contributed by atoms with Crippen LogP contribution in [-0.2, 0) is 0 Å². The minimum absolute atomic E-state index is 0.0150. The van der Waals surface area contributed by atoms with E-state index in [1.54, 1.807) is 30.5 Å². The lowest BCUT2D eigenvalue weighted by Crippen LogP contribution is -2.00. The fourth-order valence-corrected chi connectivity index (χ4v) is 2.87. The van der Waals surface area contributed by atoms with E-state index in [9.17, 15) is 20.2 Å². The summed E-state index contributed by atoms with van der Waals surface area (Å²) in [6.45, 7) is 3.87. The summed E-state index contributed by atoms with van der Waals surface area (Å²) in [5.74, 6) is 0. The number of aromatic nitrogens is 1. The molecule has 0 aliphatic heterocycles. The van der Waals surface area contributed by atoms with Gasteiger partial charge in [0.25, 0.3) is 11.4 Å². The van der Waals surface area contributed by atoms with Crippen LogP contribution in [0.5, 0.6) is 0 Å². The first-order chi connectivity index (χ1) is 13.4. The van der Waals surface area contributed by atoms with E-state index in [-0.39, 0.29) is 11.4 Å². The van der Waals surface area contributed by atoms with Crippen molar-refractivity contribution in [2.45, 2.75) is 13.8 Å². The first-order valence-electron chi connectivity index (χ1n) is 8.34. The Labute approximate surface area is 160 Å². The number of nitro groups is 2. The normalized spacial score (nSPS) is 10.9. The molecule has 142 valence electrons. The molecule has 0 aliphatic carbocycles. The van der Waals surface area contributed by atoms with Crippen LogP contribution in [0.3, 0.4) is 0 Å². The third kappa shape index (κ3) is 3.88. The summed E-state index contributed by atoms with van der Waals surface area (Å²) in [6.07, 6.45) is 1.66. The van der Waals surface area contributed by atoms with E-state index in [0.29, 0.717) is 5.69 Å². The molecule has 1 N–H and O–H groups in total. The highest BCUT2D eigenvalue weighted by molar-refractivity contribution is 5.82. The van der Waals surface area contributed by atoms with Crippen LogP contribution in [0.25, 0.3) is 5.69 Å². The SMILES string of the molecule is Cc1cc(/C=N\Nc2ccc([N+](=O)[O-])cc2)c(C)n1-c1ccc([N+](=O)[O-])cc1. The number of hydrazone groups is 1. The molecular weight excluding hydrogens is 362 g/mol. The molecule has 0 bridgehead atoms. The molecule has 28 heavy (non-hydrogen) atoms. The van der Waals surface area contributed by atoms with Gasteiger partial charge in [0, 0.05) is 46.9 Å². The number of aryl methyl sites for hydroxylation is 1. The Morgan fingerprint density at radius 1 is 0.929 bits per heavy atom. The molecule has 0 unspecified atom stereocenters. The molecule has 0 atom stereocenters. The van der Waals surface area contributed by atoms with E-state index in [1.165, 1.54) is 24.3 Å². The summed E-state index contributed by atoms with van der Waals surface area (Å²) in [4.78, 5) is 20.6. The largest absolute Gasteiger partial charge is 0.318 e. The van der Waals surface area contributed by atoms with Gasteiger partial charge >= 0.3 is 0 Å². The molecule has 0 aliphatic rings. The third-order valence-corrected chi connectivity index (χ3v) is 4.26. The van der Waals surface area contributed by atoms with E-state index in [0.717, 1.165) is 22.6 Å². The second-order valence-corrected chi connectivity index (χ2v) is 6.11. The van der Waals surface area contributed by atoms with Gasteiger partial charge in [-0.25, -0.2) is 0 Å². The Bertz CT molecular complexity index is 1050. The van der Waals surface area contributed by atoms with Gasteiger partial charge < -0.3 is 4.57 Å².